The van der Waals surface area contributed by atoms with E-state index in [4.69, 9.17) is 14.2 Å². The van der Waals surface area contributed by atoms with Gasteiger partial charge in [-0.05, 0) is 60.7 Å². The highest BCUT2D eigenvalue weighted by molar-refractivity contribution is 5.09. The molecule has 0 aromatic carbocycles. The lowest BCUT2D eigenvalue weighted by Gasteiger charge is -2.12. The molecule has 0 aliphatic heterocycles. The molecule has 3 aromatic heterocycles. The van der Waals surface area contributed by atoms with Gasteiger partial charge in [0.2, 0.25) is 0 Å². The van der Waals surface area contributed by atoms with Crippen molar-refractivity contribution in [3.8, 4) is 0 Å². The van der Waals surface area contributed by atoms with Crippen LogP contribution in [-0.4, -0.2) is 108 Å². The zero-order chi connectivity index (χ0) is 37.0. The van der Waals surface area contributed by atoms with E-state index >= 15 is 0 Å². The van der Waals surface area contributed by atoms with Crippen LogP contribution in [0.1, 0.15) is 76.1 Å². The van der Waals surface area contributed by atoms with Gasteiger partial charge >= 0.3 is 0 Å². The van der Waals surface area contributed by atoms with E-state index in [2.05, 4.69) is 51.7 Å². The number of hydrogen-bond donors (Lipinski definition) is 6. The molecule has 0 saturated heterocycles. The van der Waals surface area contributed by atoms with Crippen LogP contribution >= 0.6 is 0 Å². The first-order valence-corrected chi connectivity index (χ1v) is 18.6. The van der Waals surface area contributed by atoms with Crippen LogP contribution in [0, 0.1) is 0 Å². The third kappa shape index (κ3) is 29.4. The molecule has 12 heteroatoms. The number of nitrogens with zero attached hydrogens (tertiary/aromatic N) is 3. The maximum Gasteiger partial charge on any atom is 0.0897 e. The molecule has 0 radical (unpaired) electrons. The van der Waals surface area contributed by atoms with E-state index in [9.17, 15) is 15.3 Å². The van der Waals surface area contributed by atoms with E-state index in [1.165, 1.54) is 5.56 Å². The third-order valence-corrected chi connectivity index (χ3v) is 7.16. The number of aromatic nitrogens is 3. The number of aliphatic hydroxyl groups is 3. The largest absolute Gasteiger partial charge is 0.389 e. The van der Waals surface area contributed by atoms with Crippen molar-refractivity contribution in [2.24, 2.45) is 0 Å². The zero-order valence-corrected chi connectivity index (χ0v) is 31.3. The van der Waals surface area contributed by atoms with E-state index in [1.54, 1.807) is 24.8 Å². The lowest BCUT2D eigenvalue weighted by Crippen LogP contribution is -2.30. The number of hydrogen-bond acceptors (Lipinski definition) is 12. The second kappa shape index (κ2) is 34.2. The predicted molar refractivity (Wildman–Crippen MR) is 203 cm³/mol. The highest BCUT2D eigenvalue weighted by Gasteiger charge is 2.05. The Balaban J connectivity index is 0.000000382. The smallest absolute Gasteiger partial charge is 0.0897 e. The van der Waals surface area contributed by atoms with Crippen molar-refractivity contribution in [2.75, 3.05) is 59.3 Å². The van der Waals surface area contributed by atoms with E-state index in [1.807, 2.05) is 48.7 Å². The fraction of sp³-hybridized carbons (Fsp3) is 0.615. The highest BCUT2D eigenvalue weighted by atomic mass is 16.5. The lowest BCUT2D eigenvalue weighted by atomic mass is 10.2. The zero-order valence-electron chi connectivity index (χ0n) is 31.3. The van der Waals surface area contributed by atoms with Gasteiger partial charge in [0, 0.05) is 90.1 Å². The van der Waals surface area contributed by atoms with Crippen LogP contribution in [-0.2, 0) is 33.8 Å². The average molecular weight is 715 g/mol. The van der Waals surface area contributed by atoms with Gasteiger partial charge in [-0.1, -0.05) is 52.2 Å². The minimum absolute atomic E-state index is 0.398. The Morgan fingerprint density at radius 1 is 0.549 bits per heavy atom. The number of rotatable bonds is 27. The molecule has 3 aromatic rings. The SMILES string of the molecule is CCCCOCC(O)CNCc1ccccn1.CCCCOCC(O)CNCc1cccnc1.CCCCOCC(O)CNCc1ccncc1. The Hall–Kier alpha value is -2.91. The van der Waals surface area contributed by atoms with Gasteiger partial charge < -0.3 is 45.5 Å². The van der Waals surface area contributed by atoms with Crippen LogP contribution in [0.3, 0.4) is 0 Å². The molecular weight excluding hydrogens is 648 g/mol. The summed E-state index contributed by atoms with van der Waals surface area (Å²) in [7, 11) is 0. The molecule has 3 rings (SSSR count). The first-order valence-electron chi connectivity index (χ1n) is 18.6. The van der Waals surface area contributed by atoms with Gasteiger partial charge in [-0.25, -0.2) is 0 Å². The van der Waals surface area contributed by atoms with Gasteiger partial charge in [-0.2, -0.15) is 0 Å². The van der Waals surface area contributed by atoms with E-state index in [0.29, 0.717) is 46.0 Å². The minimum Gasteiger partial charge on any atom is -0.389 e. The van der Waals surface area contributed by atoms with Crippen LogP contribution in [0.25, 0.3) is 0 Å². The Kier molecular flexibility index (Phi) is 30.9. The summed E-state index contributed by atoms with van der Waals surface area (Å²) in [4.78, 5) is 12.2. The molecule has 12 nitrogen and oxygen atoms in total. The van der Waals surface area contributed by atoms with Crippen molar-refractivity contribution in [1.82, 2.24) is 30.9 Å². The normalized spacial score (nSPS) is 12.6. The van der Waals surface area contributed by atoms with Gasteiger partial charge in [0.05, 0.1) is 43.8 Å². The summed E-state index contributed by atoms with van der Waals surface area (Å²) >= 11 is 0. The van der Waals surface area contributed by atoms with Gasteiger partial charge in [0.1, 0.15) is 0 Å². The first kappa shape index (κ1) is 46.1. The molecule has 0 fully saturated rings. The van der Waals surface area contributed by atoms with Crippen molar-refractivity contribution >= 4 is 0 Å². The molecular formula is C39H66N6O6. The summed E-state index contributed by atoms with van der Waals surface area (Å²) in [6.45, 7) is 13.5. The number of aliphatic hydroxyl groups excluding tert-OH is 3. The van der Waals surface area contributed by atoms with Gasteiger partial charge in [-0.3, -0.25) is 15.0 Å². The number of unbranched alkanes of at least 4 members (excludes halogenated alkanes) is 3. The molecule has 0 bridgehead atoms. The van der Waals surface area contributed by atoms with Crippen LogP contribution in [0.5, 0.6) is 0 Å². The second-order valence-corrected chi connectivity index (χ2v) is 12.2. The molecule has 0 amide bonds. The van der Waals surface area contributed by atoms with Crippen molar-refractivity contribution in [3.05, 3.63) is 90.3 Å². The van der Waals surface area contributed by atoms with E-state index in [0.717, 1.165) is 82.7 Å². The second-order valence-electron chi connectivity index (χ2n) is 12.2. The number of nitrogens with one attached hydrogen (secondary N) is 3. The molecule has 0 saturated carbocycles. The third-order valence-electron chi connectivity index (χ3n) is 7.16. The quantitative estimate of drug-likeness (QED) is 0.0630. The minimum atomic E-state index is -0.449. The summed E-state index contributed by atoms with van der Waals surface area (Å²) < 4.78 is 16.0. The summed E-state index contributed by atoms with van der Waals surface area (Å²) in [6.07, 6.45) is 14.1. The Morgan fingerprint density at radius 2 is 1.06 bits per heavy atom. The predicted octanol–water partition coefficient (Wildman–Crippen LogP) is 4.05. The lowest BCUT2D eigenvalue weighted by molar-refractivity contribution is 0.0357. The molecule has 3 unspecified atom stereocenters. The Morgan fingerprint density at radius 3 is 1.51 bits per heavy atom. The fourth-order valence-electron chi connectivity index (χ4n) is 4.21. The Labute approximate surface area is 306 Å². The number of ether oxygens (including phenoxy) is 3. The van der Waals surface area contributed by atoms with Crippen molar-refractivity contribution in [3.63, 3.8) is 0 Å². The van der Waals surface area contributed by atoms with Crippen LogP contribution < -0.4 is 16.0 Å². The molecule has 0 aliphatic carbocycles. The summed E-state index contributed by atoms with van der Waals surface area (Å²) in [5, 5.41) is 38.4. The van der Waals surface area contributed by atoms with E-state index in [-0.39, 0.29) is 0 Å². The standard InChI is InChI=1S/3C13H22N2O2/c1-2-3-8-17-11-13(16)10-15-9-12-4-6-14-7-5-12;1-2-3-8-17-11-13(16)10-14-9-12-6-4-5-7-15-12;1-2-3-7-17-11-13(16)10-15-9-12-5-4-6-14-8-12/h4-7,13,15-16H,2-3,8-11H2,1H3;4-7,13-14,16H,2-3,8-11H2,1H3;4-6,8,13,15-16H,2-3,7,9-11H2,1H3. The molecule has 288 valence electrons. The molecule has 0 spiro atoms. The van der Waals surface area contributed by atoms with Crippen molar-refractivity contribution in [2.45, 2.75) is 97.2 Å². The van der Waals surface area contributed by atoms with Crippen LogP contribution in [0.4, 0.5) is 0 Å². The van der Waals surface area contributed by atoms with Gasteiger partial charge in [0.15, 0.2) is 0 Å². The van der Waals surface area contributed by atoms with Crippen LogP contribution in [0.2, 0.25) is 0 Å². The highest BCUT2D eigenvalue weighted by Crippen LogP contribution is 1.98. The molecule has 0 aliphatic rings. The van der Waals surface area contributed by atoms with Crippen LogP contribution in [0.15, 0.2) is 73.4 Å². The molecule has 3 heterocycles. The Bertz CT molecular complexity index is 981. The van der Waals surface area contributed by atoms with E-state index < -0.39 is 18.3 Å². The maximum atomic E-state index is 9.63. The van der Waals surface area contributed by atoms with Gasteiger partial charge in [0.25, 0.3) is 0 Å². The summed E-state index contributed by atoms with van der Waals surface area (Å²) in [5.74, 6) is 0. The molecule has 6 N–H and O–H groups in total. The maximum absolute atomic E-state index is 9.63. The van der Waals surface area contributed by atoms with Crippen molar-refractivity contribution < 1.29 is 29.5 Å². The first-order chi connectivity index (χ1) is 25.0. The summed E-state index contributed by atoms with van der Waals surface area (Å²) in [5.41, 5.74) is 3.26. The molecule has 3 atom stereocenters. The topological polar surface area (TPSA) is 163 Å². The fourth-order valence-corrected chi connectivity index (χ4v) is 4.21. The number of pyridine rings is 3. The monoisotopic (exact) mass is 715 g/mol. The summed E-state index contributed by atoms with van der Waals surface area (Å²) in [6, 6.07) is 13.6. The average Bonchev–Trinajstić information content (AvgIpc) is 3.16. The molecule has 51 heavy (non-hydrogen) atoms. The van der Waals surface area contributed by atoms with Gasteiger partial charge in [-0.15, -0.1) is 0 Å². The van der Waals surface area contributed by atoms with Crippen molar-refractivity contribution in [1.29, 1.82) is 0 Å².